The van der Waals surface area contributed by atoms with Crippen molar-refractivity contribution in [3.8, 4) is 0 Å². The van der Waals surface area contributed by atoms with Gasteiger partial charge in [-0.05, 0) is 49.8 Å². The van der Waals surface area contributed by atoms with E-state index >= 15 is 0 Å². The maximum absolute atomic E-state index is 13.5. The maximum Gasteiger partial charge on any atom is 0.255 e. The zero-order valence-electron chi connectivity index (χ0n) is 17.5. The van der Waals surface area contributed by atoms with E-state index in [0.29, 0.717) is 11.5 Å². The Morgan fingerprint density at radius 1 is 1.17 bits per heavy atom. The summed E-state index contributed by atoms with van der Waals surface area (Å²) in [6, 6.07) is 7.74. The average Bonchev–Trinajstić information content (AvgIpc) is 2.73. The third-order valence-corrected chi connectivity index (χ3v) is 8.10. The van der Waals surface area contributed by atoms with E-state index in [-0.39, 0.29) is 23.2 Å². The van der Waals surface area contributed by atoms with Crippen LogP contribution in [0.1, 0.15) is 49.9 Å². The number of nitrogens with zero attached hydrogens (tertiary/aromatic N) is 2. The molecule has 1 saturated heterocycles. The molecule has 29 heavy (non-hydrogen) atoms. The lowest BCUT2D eigenvalue weighted by Gasteiger charge is -2.61. The minimum Gasteiger partial charge on any atom is -0.362 e. The molecule has 6 rings (SSSR count). The van der Waals surface area contributed by atoms with Crippen LogP contribution in [-0.4, -0.2) is 60.0 Å². The summed E-state index contributed by atoms with van der Waals surface area (Å²) < 4.78 is 0. The van der Waals surface area contributed by atoms with Crippen LogP contribution in [-0.2, 0) is 4.79 Å². The van der Waals surface area contributed by atoms with Crippen LogP contribution >= 0.6 is 0 Å². The summed E-state index contributed by atoms with van der Waals surface area (Å²) in [6.07, 6.45) is 3.79. The number of amides is 2. The van der Waals surface area contributed by atoms with Crippen molar-refractivity contribution in [3.05, 3.63) is 29.8 Å². The molecule has 0 aromatic heterocycles. The molecule has 3 saturated carbocycles. The second-order valence-corrected chi connectivity index (χ2v) is 9.71. The Kier molecular flexibility index (Phi) is 4.39. The first-order chi connectivity index (χ1) is 13.9. The fraction of sp³-hybridized carbons (Fsp3) is 0.652. The van der Waals surface area contributed by atoms with Gasteiger partial charge in [-0.2, -0.15) is 0 Å². The molecule has 2 N–H and O–H groups in total. The Bertz CT molecular complexity index is 834. The number of hydrogen-bond donors (Lipinski definition) is 2. The summed E-state index contributed by atoms with van der Waals surface area (Å²) in [7, 11) is 0. The number of hydrogen-bond acceptors (Lipinski definition) is 4. The van der Waals surface area contributed by atoms with Gasteiger partial charge in [0.2, 0.25) is 5.91 Å². The lowest BCUT2D eigenvalue weighted by molar-refractivity contribution is -0.152. The summed E-state index contributed by atoms with van der Waals surface area (Å²) >= 11 is 0. The topological polar surface area (TPSA) is 64.7 Å². The standard InChI is InChI=1S/C23H32N4O2/c1-3-26-10-12-27(13-11-26)21(29)18-14-16-8-9-22(18,2)15-23(16)24-19-7-5-4-6-17(19)20(28)25-23/h4-7,16,18,24H,3,8-15H2,1-2H3,(H,25,28)/t16-,18+,22+,23-/m0/s1. The molecular formula is C23H32N4O2. The maximum atomic E-state index is 13.5. The Hall–Kier alpha value is -2.08. The minimum atomic E-state index is -0.421. The average molecular weight is 397 g/mol. The fourth-order valence-electron chi connectivity index (χ4n) is 6.33. The number of carbonyl (C=O) groups is 2. The van der Waals surface area contributed by atoms with Gasteiger partial charge in [0.25, 0.3) is 5.91 Å². The van der Waals surface area contributed by atoms with Crippen LogP contribution in [0.5, 0.6) is 0 Å². The van der Waals surface area contributed by atoms with Gasteiger partial charge < -0.3 is 20.4 Å². The van der Waals surface area contributed by atoms with Crippen LogP contribution in [0.25, 0.3) is 0 Å². The largest absolute Gasteiger partial charge is 0.362 e. The highest BCUT2D eigenvalue weighted by Gasteiger charge is 2.60. The highest BCUT2D eigenvalue weighted by Crippen LogP contribution is 2.58. The number of benzene rings is 1. The first-order valence-electron chi connectivity index (χ1n) is 11.1. The van der Waals surface area contributed by atoms with Crippen LogP contribution in [0.2, 0.25) is 0 Å². The molecule has 6 heteroatoms. The number of nitrogens with one attached hydrogen (secondary N) is 2. The number of anilines is 1. The Labute approximate surface area is 173 Å². The molecule has 4 fully saturated rings. The highest BCUT2D eigenvalue weighted by atomic mass is 16.2. The van der Waals surface area contributed by atoms with Gasteiger partial charge in [0.1, 0.15) is 5.66 Å². The normalized spacial score (nSPS) is 36.5. The van der Waals surface area contributed by atoms with Crippen molar-refractivity contribution >= 4 is 17.5 Å². The number of likely N-dealkylation sites (N-methyl/N-ethyl adjacent to an activating group) is 1. The van der Waals surface area contributed by atoms with Gasteiger partial charge in [-0.1, -0.05) is 26.0 Å². The van der Waals surface area contributed by atoms with Crippen molar-refractivity contribution < 1.29 is 9.59 Å². The predicted molar refractivity (Wildman–Crippen MR) is 113 cm³/mol. The molecule has 1 aromatic rings. The molecule has 6 nitrogen and oxygen atoms in total. The van der Waals surface area contributed by atoms with E-state index in [9.17, 15) is 9.59 Å². The molecule has 0 unspecified atom stereocenters. The molecule has 2 bridgehead atoms. The molecular weight excluding hydrogens is 364 g/mol. The smallest absolute Gasteiger partial charge is 0.255 e. The Balaban J connectivity index is 1.37. The molecule has 2 aliphatic heterocycles. The lowest BCUT2D eigenvalue weighted by Crippen LogP contribution is -2.70. The molecule has 1 aromatic carbocycles. The minimum absolute atomic E-state index is 0.00839. The highest BCUT2D eigenvalue weighted by molar-refractivity contribution is 6.02. The molecule has 3 aliphatic carbocycles. The summed E-state index contributed by atoms with van der Waals surface area (Å²) in [4.78, 5) is 30.8. The summed E-state index contributed by atoms with van der Waals surface area (Å²) in [6.45, 7) is 9.15. The van der Waals surface area contributed by atoms with Crippen molar-refractivity contribution in [2.24, 2.45) is 17.3 Å². The van der Waals surface area contributed by atoms with Gasteiger partial charge in [0.15, 0.2) is 0 Å². The predicted octanol–water partition coefficient (Wildman–Crippen LogP) is 2.53. The Morgan fingerprint density at radius 2 is 1.93 bits per heavy atom. The Morgan fingerprint density at radius 3 is 2.66 bits per heavy atom. The number of para-hydroxylation sites is 1. The second kappa shape index (κ2) is 6.73. The number of fused-ring (bicyclic) bond motifs is 3. The third kappa shape index (κ3) is 2.95. The van der Waals surface area contributed by atoms with Crippen LogP contribution < -0.4 is 10.6 Å². The zero-order chi connectivity index (χ0) is 20.2. The van der Waals surface area contributed by atoms with E-state index in [4.69, 9.17) is 0 Å². The lowest BCUT2D eigenvalue weighted by atomic mass is 9.51. The van der Waals surface area contributed by atoms with Crippen LogP contribution in [0, 0.1) is 17.3 Å². The summed E-state index contributed by atoms with van der Waals surface area (Å²) in [5, 5.41) is 7.00. The number of piperazine rings is 1. The first-order valence-corrected chi connectivity index (χ1v) is 11.1. The third-order valence-electron chi connectivity index (χ3n) is 8.10. The first kappa shape index (κ1) is 18.9. The van der Waals surface area contributed by atoms with Crippen molar-refractivity contribution in [1.29, 1.82) is 0 Å². The van der Waals surface area contributed by atoms with Crippen molar-refractivity contribution in [3.63, 3.8) is 0 Å². The van der Waals surface area contributed by atoms with Gasteiger partial charge in [-0.15, -0.1) is 0 Å². The van der Waals surface area contributed by atoms with E-state index in [0.717, 1.165) is 64.1 Å². The van der Waals surface area contributed by atoms with Gasteiger partial charge in [0.05, 0.1) is 5.56 Å². The number of carbonyl (C=O) groups excluding carboxylic acids is 2. The monoisotopic (exact) mass is 396 g/mol. The fourth-order valence-corrected chi connectivity index (χ4v) is 6.33. The van der Waals surface area contributed by atoms with E-state index in [1.54, 1.807) is 0 Å². The van der Waals surface area contributed by atoms with Crippen LogP contribution in [0.4, 0.5) is 5.69 Å². The molecule has 0 radical (unpaired) electrons. The van der Waals surface area contributed by atoms with Crippen LogP contribution in [0.3, 0.4) is 0 Å². The number of rotatable bonds is 2. The van der Waals surface area contributed by atoms with Crippen molar-refractivity contribution in [1.82, 2.24) is 15.1 Å². The van der Waals surface area contributed by atoms with Gasteiger partial charge in [0, 0.05) is 43.7 Å². The van der Waals surface area contributed by atoms with E-state index < -0.39 is 5.66 Å². The SMILES string of the molecule is CCN1CCN(C(=O)[C@H]2C[C@@H]3CC[C@]2(C)C[C@]32NC(=O)c3ccccc3N2)CC1. The van der Waals surface area contributed by atoms with E-state index in [2.05, 4.69) is 34.3 Å². The molecule has 156 valence electrons. The van der Waals surface area contributed by atoms with E-state index in [1.807, 2.05) is 24.3 Å². The molecule has 1 spiro atoms. The van der Waals surface area contributed by atoms with Gasteiger partial charge >= 0.3 is 0 Å². The van der Waals surface area contributed by atoms with Crippen molar-refractivity contribution in [2.75, 3.05) is 38.0 Å². The van der Waals surface area contributed by atoms with E-state index in [1.165, 1.54) is 0 Å². The quantitative estimate of drug-likeness (QED) is 0.806. The molecule has 5 aliphatic rings. The van der Waals surface area contributed by atoms with Gasteiger partial charge in [-0.25, -0.2) is 0 Å². The zero-order valence-corrected chi connectivity index (χ0v) is 17.5. The summed E-state index contributed by atoms with van der Waals surface area (Å²) in [5.74, 6) is 0.697. The molecule has 2 heterocycles. The second-order valence-electron chi connectivity index (χ2n) is 9.71. The summed E-state index contributed by atoms with van der Waals surface area (Å²) in [5.41, 5.74) is 1.13. The van der Waals surface area contributed by atoms with Gasteiger partial charge in [-0.3, -0.25) is 9.59 Å². The van der Waals surface area contributed by atoms with Crippen LogP contribution in [0.15, 0.2) is 24.3 Å². The molecule has 4 atom stereocenters. The molecule has 2 amide bonds. The van der Waals surface area contributed by atoms with Crippen molar-refractivity contribution in [2.45, 2.75) is 45.2 Å².